The molecule has 0 bridgehead atoms. The second kappa shape index (κ2) is 10.2. The smallest absolute Gasteiger partial charge is 0.225 e. The number of anilines is 1. The van der Waals surface area contributed by atoms with Crippen molar-refractivity contribution in [3.05, 3.63) is 47.5 Å². The summed E-state index contributed by atoms with van der Waals surface area (Å²) in [5.74, 6) is 1.91. The Labute approximate surface area is 157 Å². The average Bonchev–Trinajstić information content (AvgIpc) is 2.59. The number of carbonyl (C=O) groups excluding carboxylic acids is 1. The van der Waals surface area contributed by atoms with Crippen molar-refractivity contribution >= 4 is 35.0 Å². The Morgan fingerprint density at radius 3 is 2.60 bits per heavy atom. The molecule has 1 amide bonds. The second-order valence-electron chi connectivity index (χ2n) is 5.10. The fraction of sp³-hybridized carbons (Fsp3) is 0.316. The van der Waals surface area contributed by atoms with Crippen molar-refractivity contribution in [2.24, 2.45) is 0 Å². The van der Waals surface area contributed by atoms with Crippen molar-refractivity contribution in [3.63, 3.8) is 0 Å². The third-order valence-corrected chi connectivity index (χ3v) is 4.78. The minimum atomic E-state index is -0.0749. The van der Waals surface area contributed by atoms with E-state index in [1.807, 2.05) is 50.2 Å². The van der Waals surface area contributed by atoms with Crippen LogP contribution in [0.5, 0.6) is 11.5 Å². The molecule has 0 unspecified atom stereocenters. The van der Waals surface area contributed by atoms with Crippen LogP contribution in [0.15, 0.2) is 47.4 Å². The van der Waals surface area contributed by atoms with Gasteiger partial charge in [0.25, 0.3) is 0 Å². The van der Waals surface area contributed by atoms with E-state index in [4.69, 9.17) is 21.1 Å². The molecule has 0 heterocycles. The van der Waals surface area contributed by atoms with E-state index in [1.54, 1.807) is 17.8 Å². The number of ether oxygens (including phenoxy) is 2. The summed E-state index contributed by atoms with van der Waals surface area (Å²) in [5.41, 5.74) is 0.626. The van der Waals surface area contributed by atoms with Crippen LogP contribution in [0, 0.1) is 0 Å². The molecule has 0 saturated carbocycles. The van der Waals surface area contributed by atoms with Gasteiger partial charge in [-0.3, -0.25) is 4.79 Å². The topological polar surface area (TPSA) is 47.6 Å². The van der Waals surface area contributed by atoms with Gasteiger partial charge in [0.15, 0.2) is 0 Å². The molecule has 0 aliphatic rings. The van der Waals surface area contributed by atoms with Crippen molar-refractivity contribution < 1.29 is 14.3 Å². The van der Waals surface area contributed by atoms with Gasteiger partial charge in [-0.15, -0.1) is 11.8 Å². The van der Waals surface area contributed by atoms with Crippen LogP contribution in [-0.2, 0) is 4.79 Å². The second-order valence-corrected chi connectivity index (χ2v) is 6.65. The lowest BCUT2D eigenvalue weighted by atomic mass is 10.2. The molecule has 4 nitrogen and oxygen atoms in total. The lowest BCUT2D eigenvalue weighted by Crippen LogP contribution is -2.13. The van der Waals surface area contributed by atoms with Crippen LogP contribution < -0.4 is 14.8 Å². The van der Waals surface area contributed by atoms with E-state index in [2.05, 4.69) is 5.32 Å². The maximum atomic E-state index is 12.3. The van der Waals surface area contributed by atoms with Gasteiger partial charge in [-0.25, -0.2) is 0 Å². The normalized spacial score (nSPS) is 10.4. The molecular formula is C19H22ClNO3S. The standard InChI is InChI=1S/C19H22ClNO3S/c1-3-23-14-9-10-17(24-4-2)16(13-14)21-19(22)11-12-25-18-8-6-5-7-15(18)20/h5-10,13H,3-4,11-12H2,1-2H3,(H,21,22). The Kier molecular flexibility index (Phi) is 7.95. The molecule has 0 saturated heterocycles. The van der Waals surface area contributed by atoms with Crippen molar-refractivity contribution in [1.29, 1.82) is 0 Å². The zero-order chi connectivity index (χ0) is 18.1. The Morgan fingerprint density at radius 1 is 1.12 bits per heavy atom. The molecule has 6 heteroatoms. The van der Waals surface area contributed by atoms with E-state index in [9.17, 15) is 4.79 Å². The Hall–Kier alpha value is -1.85. The lowest BCUT2D eigenvalue weighted by Gasteiger charge is -2.13. The average molecular weight is 380 g/mol. The summed E-state index contributed by atoms with van der Waals surface area (Å²) in [6.45, 7) is 4.91. The molecule has 2 aromatic rings. The first-order valence-corrected chi connectivity index (χ1v) is 9.57. The molecule has 0 aliphatic heterocycles. The molecule has 2 aromatic carbocycles. The highest BCUT2D eigenvalue weighted by Crippen LogP contribution is 2.30. The summed E-state index contributed by atoms with van der Waals surface area (Å²) in [4.78, 5) is 13.2. The minimum absolute atomic E-state index is 0.0749. The van der Waals surface area contributed by atoms with Crippen molar-refractivity contribution in [3.8, 4) is 11.5 Å². The molecule has 0 fully saturated rings. The van der Waals surface area contributed by atoms with Crippen LogP contribution in [0.3, 0.4) is 0 Å². The van der Waals surface area contributed by atoms with Gasteiger partial charge in [-0.05, 0) is 38.1 Å². The number of hydrogen-bond acceptors (Lipinski definition) is 4. The summed E-state index contributed by atoms with van der Waals surface area (Å²) in [6.07, 6.45) is 0.375. The number of nitrogens with one attached hydrogen (secondary N) is 1. The number of benzene rings is 2. The van der Waals surface area contributed by atoms with Crippen LogP contribution in [-0.4, -0.2) is 24.9 Å². The highest BCUT2D eigenvalue weighted by atomic mass is 35.5. The SMILES string of the molecule is CCOc1ccc(OCC)c(NC(=O)CCSc2ccccc2Cl)c1. The number of carbonyl (C=O) groups is 1. The molecule has 0 aromatic heterocycles. The maximum Gasteiger partial charge on any atom is 0.225 e. The number of thioether (sulfide) groups is 1. The van der Waals surface area contributed by atoms with Crippen LogP contribution in [0.1, 0.15) is 20.3 Å². The molecular weight excluding hydrogens is 358 g/mol. The van der Waals surface area contributed by atoms with E-state index < -0.39 is 0 Å². The highest BCUT2D eigenvalue weighted by molar-refractivity contribution is 7.99. The fourth-order valence-electron chi connectivity index (χ4n) is 2.17. The zero-order valence-corrected chi connectivity index (χ0v) is 16.0. The van der Waals surface area contributed by atoms with E-state index in [0.717, 1.165) is 4.90 Å². The lowest BCUT2D eigenvalue weighted by molar-refractivity contribution is -0.115. The molecule has 25 heavy (non-hydrogen) atoms. The summed E-state index contributed by atoms with van der Waals surface area (Å²) >= 11 is 7.68. The molecule has 1 N–H and O–H groups in total. The van der Waals surface area contributed by atoms with Crippen molar-refractivity contribution in [1.82, 2.24) is 0 Å². The first-order valence-electron chi connectivity index (χ1n) is 8.20. The molecule has 0 atom stereocenters. The summed E-state index contributed by atoms with van der Waals surface area (Å²) in [6, 6.07) is 13.0. The quantitative estimate of drug-likeness (QED) is 0.604. The van der Waals surface area contributed by atoms with Gasteiger partial charge in [0.1, 0.15) is 11.5 Å². The van der Waals surface area contributed by atoms with Gasteiger partial charge >= 0.3 is 0 Å². The predicted octanol–water partition coefficient (Wildman–Crippen LogP) is 5.26. The summed E-state index contributed by atoms with van der Waals surface area (Å²) < 4.78 is 11.1. The van der Waals surface area contributed by atoms with E-state index in [1.165, 1.54) is 0 Å². The molecule has 0 spiro atoms. The van der Waals surface area contributed by atoms with Gasteiger partial charge < -0.3 is 14.8 Å². The van der Waals surface area contributed by atoms with Gasteiger partial charge in [-0.2, -0.15) is 0 Å². The largest absolute Gasteiger partial charge is 0.494 e. The van der Waals surface area contributed by atoms with Gasteiger partial charge in [0.2, 0.25) is 5.91 Å². The van der Waals surface area contributed by atoms with Crippen LogP contribution in [0.4, 0.5) is 5.69 Å². The van der Waals surface area contributed by atoms with Gasteiger partial charge in [0.05, 0.1) is 23.9 Å². The first kappa shape index (κ1) is 19.5. The number of hydrogen-bond donors (Lipinski definition) is 1. The Bertz CT molecular complexity index is 709. The predicted molar refractivity (Wildman–Crippen MR) is 104 cm³/mol. The zero-order valence-electron chi connectivity index (χ0n) is 14.4. The monoisotopic (exact) mass is 379 g/mol. The van der Waals surface area contributed by atoms with Crippen molar-refractivity contribution in [2.45, 2.75) is 25.2 Å². The molecule has 0 radical (unpaired) electrons. The van der Waals surface area contributed by atoms with Gasteiger partial charge in [-0.1, -0.05) is 23.7 Å². The van der Waals surface area contributed by atoms with E-state index >= 15 is 0 Å². The van der Waals surface area contributed by atoms with Crippen LogP contribution >= 0.6 is 23.4 Å². The third kappa shape index (κ3) is 6.18. The van der Waals surface area contributed by atoms with Crippen LogP contribution in [0.2, 0.25) is 5.02 Å². The fourth-order valence-corrected chi connectivity index (χ4v) is 3.36. The third-order valence-electron chi connectivity index (χ3n) is 3.26. The molecule has 0 aliphatic carbocycles. The maximum absolute atomic E-state index is 12.3. The molecule has 2 rings (SSSR count). The highest BCUT2D eigenvalue weighted by Gasteiger charge is 2.10. The van der Waals surface area contributed by atoms with Gasteiger partial charge in [0, 0.05) is 23.1 Å². The van der Waals surface area contributed by atoms with Crippen molar-refractivity contribution in [2.75, 3.05) is 24.3 Å². The number of amides is 1. The number of rotatable bonds is 9. The van der Waals surface area contributed by atoms with E-state index in [0.29, 0.717) is 47.6 Å². The number of halogens is 1. The Morgan fingerprint density at radius 2 is 1.88 bits per heavy atom. The summed E-state index contributed by atoms with van der Waals surface area (Å²) in [5, 5.41) is 3.61. The van der Waals surface area contributed by atoms with E-state index in [-0.39, 0.29) is 5.91 Å². The molecule has 134 valence electrons. The Balaban J connectivity index is 1.94. The summed E-state index contributed by atoms with van der Waals surface area (Å²) in [7, 11) is 0. The minimum Gasteiger partial charge on any atom is -0.494 e. The van der Waals surface area contributed by atoms with Crippen LogP contribution in [0.25, 0.3) is 0 Å². The first-order chi connectivity index (χ1) is 12.1.